The first-order valence-corrected chi connectivity index (χ1v) is 31.7. The molecule has 2 N–H and O–H groups in total. The van der Waals surface area contributed by atoms with E-state index in [0.717, 1.165) is 106 Å². The van der Waals surface area contributed by atoms with Crippen LogP contribution in [0, 0.1) is 13.8 Å². The van der Waals surface area contributed by atoms with E-state index in [-0.39, 0.29) is 11.2 Å². The number of aliphatic carboxylic acids is 2. The molecule has 0 amide bonds. The standard InChI is InChI=1S/2C32H45N7O5/c2*1-22-26(27(29(40)41)44-30(2,3)4)28-37-15-13-31(5,14-16-37)42-17-9-10-18-43-32(11-7-6-8-12-32)24-21-38(36-34-24)20-23-19-25(33-22)39(28)35-23/h9,17,19,21,27H,6-8,10-16,18,20H2,1-5H3,(H,40,41);9-10,19,21,27H,6-8,11-18,20H2,1-5H3,(H,40,41)/t2*27-/m00/s1. The number of piperidine rings is 2. The highest BCUT2D eigenvalue weighted by molar-refractivity contribution is 5.79. The summed E-state index contributed by atoms with van der Waals surface area (Å²) in [6.45, 7) is 24.2. The minimum atomic E-state index is -1.21. The lowest BCUT2D eigenvalue weighted by Gasteiger charge is -2.41. The molecule has 0 aromatic carbocycles. The van der Waals surface area contributed by atoms with E-state index in [0.29, 0.717) is 105 Å². The Kier molecular flexibility index (Phi) is 18.0. The van der Waals surface area contributed by atoms with Crippen LogP contribution in [0.1, 0.15) is 209 Å². The summed E-state index contributed by atoms with van der Waals surface area (Å²) < 4.78 is 45.3. The Bertz CT molecular complexity index is 3500. The highest BCUT2D eigenvalue weighted by atomic mass is 16.5. The molecule has 6 aliphatic heterocycles. The van der Waals surface area contributed by atoms with Crippen molar-refractivity contribution in [3.8, 4) is 0 Å². The first-order valence-electron chi connectivity index (χ1n) is 31.7. The quantitative estimate of drug-likeness (QED) is 0.147. The molecule has 24 heteroatoms. The zero-order valence-electron chi connectivity index (χ0n) is 53.2. The molecule has 4 fully saturated rings. The fourth-order valence-electron chi connectivity index (χ4n) is 13.4. The maximum absolute atomic E-state index is 12.7. The number of anilines is 2. The number of hydrogen-bond acceptors (Lipinski definition) is 18. The molecule has 8 aliphatic rings. The van der Waals surface area contributed by atoms with E-state index in [9.17, 15) is 19.8 Å². The summed E-state index contributed by atoms with van der Waals surface area (Å²) in [4.78, 5) is 39.5. The Morgan fingerprint density at radius 2 is 1.01 bits per heavy atom. The summed E-state index contributed by atoms with van der Waals surface area (Å²) in [7, 11) is 0. The predicted octanol–water partition coefficient (Wildman–Crippen LogP) is 9.83. The van der Waals surface area contributed by atoms with Gasteiger partial charge in [-0.25, -0.2) is 28.9 Å². The van der Waals surface area contributed by atoms with Crippen molar-refractivity contribution >= 4 is 34.9 Å². The first kappa shape index (κ1) is 62.7. The molecule has 12 bridgehead atoms. The largest absolute Gasteiger partial charge is 0.495 e. The zero-order chi connectivity index (χ0) is 62.2. The van der Waals surface area contributed by atoms with Crippen molar-refractivity contribution in [1.29, 1.82) is 0 Å². The first-order chi connectivity index (χ1) is 41.9. The Labute approximate surface area is 514 Å². The summed E-state index contributed by atoms with van der Waals surface area (Å²) in [5.74, 6) is -0.731. The van der Waals surface area contributed by atoms with Crippen LogP contribution in [0.5, 0.6) is 0 Å². The molecule has 476 valence electrons. The van der Waals surface area contributed by atoms with Gasteiger partial charge in [0.25, 0.3) is 0 Å². The van der Waals surface area contributed by atoms with E-state index in [1.165, 1.54) is 12.8 Å². The summed E-state index contributed by atoms with van der Waals surface area (Å²) in [6, 6.07) is 3.88. The van der Waals surface area contributed by atoms with E-state index >= 15 is 0 Å². The number of aromatic nitrogens is 12. The van der Waals surface area contributed by atoms with Crippen LogP contribution in [0.25, 0.3) is 11.3 Å². The Balaban J connectivity index is 0.000000182. The van der Waals surface area contributed by atoms with Gasteiger partial charge in [0.2, 0.25) is 0 Å². The number of rotatable bonds is 6. The maximum Gasteiger partial charge on any atom is 0.337 e. The molecule has 2 saturated carbocycles. The number of hydrogen-bond donors (Lipinski definition) is 2. The summed E-state index contributed by atoms with van der Waals surface area (Å²) in [5, 5.41) is 48.9. The Morgan fingerprint density at radius 1 is 0.580 bits per heavy atom. The lowest BCUT2D eigenvalue weighted by molar-refractivity contribution is -0.161. The van der Waals surface area contributed by atoms with Crippen LogP contribution in [0.15, 0.2) is 49.0 Å². The molecule has 6 aromatic heterocycles. The molecule has 88 heavy (non-hydrogen) atoms. The molecule has 12 heterocycles. The molecule has 2 aliphatic carbocycles. The van der Waals surface area contributed by atoms with E-state index in [4.69, 9.17) is 48.6 Å². The van der Waals surface area contributed by atoms with Crippen LogP contribution in [0.3, 0.4) is 0 Å². The molecule has 2 saturated heterocycles. The smallest absolute Gasteiger partial charge is 0.337 e. The molecule has 2 atom stereocenters. The van der Waals surface area contributed by atoms with Crippen molar-refractivity contribution in [2.45, 2.75) is 224 Å². The minimum Gasteiger partial charge on any atom is -0.495 e. The van der Waals surface area contributed by atoms with Crippen molar-refractivity contribution in [2.24, 2.45) is 0 Å². The fraction of sp³-hybridized carbons (Fsp3) is 0.656. The van der Waals surface area contributed by atoms with E-state index < -0.39 is 46.6 Å². The number of carboxylic acids is 2. The monoisotopic (exact) mass is 1210 g/mol. The van der Waals surface area contributed by atoms with Gasteiger partial charge in [0, 0.05) is 62.5 Å². The van der Waals surface area contributed by atoms with Gasteiger partial charge in [-0.15, -0.1) is 10.2 Å². The van der Waals surface area contributed by atoms with Gasteiger partial charge in [-0.1, -0.05) is 61.1 Å². The third kappa shape index (κ3) is 13.8. The fourth-order valence-corrected chi connectivity index (χ4v) is 13.4. The molecule has 0 radical (unpaired) electrons. The SMILES string of the molecule is Cc1nc2cc3nn2c(c1[C@H](OC(C)(C)C)C(=O)O)N1CCC(C)(CC1)OC=CCCOC1(CCCCC1)c1cn(nn1)C3.Cc1nc2cc3nn2c(c1[C@H](OC(C)(C)C)C(=O)O)N1CCC(C)(CC1)OCC=CCOC1(CCCCC1)c1cn(nn1)C3. The minimum absolute atomic E-state index is 0.308. The second-order valence-electron chi connectivity index (χ2n) is 27.4. The predicted molar refractivity (Wildman–Crippen MR) is 327 cm³/mol. The number of aryl methyl sites for hydroxylation is 2. The molecule has 2 spiro atoms. The Hall–Kier alpha value is -6.86. The van der Waals surface area contributed by atoms with Gasteiger partial charge in [0.1, 0.15) is 39.8 Å². The lowest BCUT2D eigenvalue weighted by atomic mass is 9.82. The molecule has 0 unspecified atom stereocenters. The van der Waals surface area contributed by atoms with Gasteiger partial charge in [-0.05, 0) is 120 Å². The highest BCUT2D eigenvalue weighted by Gasteiger charge is 2.43. The van der Waals surface area contributed by atoms with Crippen LogP contribution in [-0.4, -0.2) is 150 Å². The van der Waals surface area contributed by atoms with Gasteiger partial charge in [-0.2, -0.15) is 19.2 Å². The van der Waals surface area contributed by atoms with Gasteiger partial charge in [-0.3, -0.25) is 0 Å². The molecule has 6 aromatic rings. The van der Waals surface area contributed by atoms with E-state index in [2.05, 4.69) is 44.3 Å². The third-order valence-electron chi connectivity index (χ3n) is 18.1. The van der Waals surface area contributed by atoms with Crippen LogP contribution in [0.4, 0.5) is 11.6 Å². The number of ether oxygens (including phenoxy) is 6. The van der Waals surface area contributed by atoms with E-state index in [1.807, 2.05) is 104 Å². The second kappa shape index (κ2) is 25.2. The zero-order valence-corrected chi connectivity index (χ0v) is 53.2. The Morgan fingerprint density at radius 3 is 1.45 bits per heavy atom. The maximum atomic E-state index is 12.7. The highest BCUT2D eigenvalue weighted by Crippen LogP contribution is 2.44. The van der Waals surface area contributed by atoms with Gasteiger partial charge >= 0.3 is 11.9 Å². The van der Waals surface area contributed by atoms with Crippen molar-refractivity contribution < 1.29 is 48.2 Å². The lowest BCUT2D eigenvalue weighted by Crippen LogP contribution is -2.45. The van der Waals surface area contributed by atoms with Gasteiger partial charge in [0.05, 0.1) is 90.9 Å². The molecular weight excluding hydrogens is 1120 g/mol. The van der Waals surface area contributed by atoms with Crippen LogP contribution in [0.2, 0.25) is 0 Å². The topological polar surface area (TPSA) is 258 Å². The average Bonchev–Trinajstić information content (AvgIpc) is 1.49. The van der Waals surface area contributed by atoms with Crippen molar-refractivity contribution in [3.05, 3.63) is 94.3 Å². The van der Waals surface area contributed by atoms with Crippen molar-refractivity contribution in [2.75, 3.05) is 55.8 Å². The average molecular weight is 1220 g/mol. The number of carboxylic acid groups (broad SMARTS) is 2. The van der Waals surface area contributed by atoms with Crippen LogP contribution < -0.4 is 9.80 Å². The number of carbonyl (C=O) groups is 2. The summed E-state index contributed by atoms with van der Waals surface area (Å²) in [6.07, 6.45) is 23.7. The number of nitrogens with zero attached hydrogens (tertiary/aromatic N) is 14. The molecule has 24 nitrogen and oxygen atoms in total. The van der Waals surface area contributed by atoms with Gasteiger partial charge in [0.15, 0.2) is 23.5 Å². The van der Waals surface area contributed by atoms with Crippen LogP contribution in [-0.2, 0) is 62.3 Å². The second-order valence-corrected chi connectivity index (χ2v) is 27.4. The van der Waals surface area contributed by atoms with Gasteiger partial charge < -0.3 is 48.4 Å². The van der Waals surface area contributed by atoms with E-state index in [1.54, 1.807) is 18.4 Å². The van der Waals surface area contributed by atoms with Crippen molar-refractivity contribution in [1.82, 2.24) is 59.2 Å². The van der Waals surface area contributed by atoms with Crippen molar-refractivity contribution in [3.63, 3.8) is 0 Å². The third-order valence-corrected chi connectivity index (χ3v) is 18.1. The molecular formula is C64H90N14O10. The number of fused-ring (bicyclic) bond motifs is 12. The summed E-state index contributed by atoms with van der Waals surface area (Å²) in [5.41, 5.74) is 3.82. The van der Waals surface area contributed by atoms with Crippen LogP contribution >= 0.6 is 0 Å². The summed E-state index contributed by atoms with van der Waals surface area (Å²) >= 11 is 0. The molecule has 14 rings (SSSR count). The normalized spacial score (nSPS) is 21.2.